The lowest BCUT2D eigenvalue weighted by molar-refractivity contribution is 0.487. The number of alkyl halides is 1. The van der Waals surface area contributed by atoms with Gasteiger partial charge < -0.3 is 0 Å². The molecule has 0 aliphatic rings. The zero-order valence-electron chi connectivity index (χ0n) is 3.08. The minimum absolute atomic E-state index is 0.281. The summed E-state index contributed by atoms with van der Waals surface area (Å²) in [5.41, 5.74) is 0. The first-order valence-corrected chi connectivity index (χ1v) is 1.68. The van der Waals surface area contributed by atoms with E-state index in [-0.39, 0.29) is 6.67 Å². The van der Waals surface area contributed by atoms with Crippen LogP contribution in [0.25, 0.3) is 0 Å². The van der Waals surface area contributed by atoms with Gasteiger partial charge in [0.1, 0.15) is 0 Å². The van der Waals surface area contributed by atoms with Crippen molar-refractivity contribution in [3.8, 4) is 0 Å². The maximum Gasteiger partial charge on any atom is 0.0887 e. The van der Waals surface area contributed by atoms with E-state index in [1.54, 1.807) is 0 Å². The molecule has 0 saturated carbocycles. The molecule has 0 aliphatic heterocycles. The van der Waals surface area contributed by atoms with E-state index in [4.69, 9.17) is 7.85 Å². The minimum Gasteiger partial charge on any atom is -0.251 e. The first kappa shape index (κ1) is 4.99. The van der Waals surface area contributed by atoms with Crippen LogP contribution >= 0.6 is 0 Å². The van der Waals surface area contributed by atoms with Gasteiger partial charge in [0.2, 0.25) is 0 Å². The van der Waals surface area contributed by atoms with Crippen LogP contribution in [0.2, 0.25) is 6.32 Å². The average Bonchev–Trinajstić information content (AvgIpc) is 1.41. The fourth-order valence-electron chi connectivity index (χ4n) is 0.0772. The van der Waals surface area contributed by atoms with Gasteiger partial charge in [0.15, 0.2) is 0 Å². The highest BCUT2D eigenvalue weighted by Gasteiger charge is 1.71. The molecule has 0 aromatic rings. The Morgan fingerprint density at radius 2 is 2.20 bits per heavy atom. The van der Waals surface area contributed by atoms with Gasteiger partial charge in [-0.15, -0.1) is 0 Å². The van der Waals surface area contributed by atoms with Crippen molar-refractivity contribution in [1.82, 2.24) is 0 Å². The summed E-state index contributed by atoms with van der Waals surface area (Å²) >= 11 is 0. The Morgan fingerprint density at radius 1 is 1.60 bits per heavy atom. The van der Waals surface area contributed by atoms with Gasteiger partial charge in [0.25, 0.3) is 0 Å². The molecule has 0 N–H and O–H groups in total. The maximum absolute atomic E-state index is 10.9. The van der Waals surface area contributed by atoms with Gasteiger partial charge in [-0.3, -0.25) is 4.39 Å². The molecule has 0 aromatic heterocycles. The van der Waals surface area contributed by atoms with E-state index in [0.29, 0.717) is 12.7 Å². The minimum atomic E-state index is -0.281. The highest BCUT2D eigenvalue weighted by molar-refractivity contribution is 6.08. The Labute approximate surface area is 32.8 Å². The van der Waals surface area contributed by atoms with Crippen molar-refractivity contribution in [2.24, 2.45) is 0 Å². The van der Waals surface area contributed by atoms with E-state index < -0.39 is 0 Å². The summed E-state index contributed by atoms with van der Waals surface area (Å²) in [5, 5.41) is 0. The first-order chi connectivity index (χ1) is 2.41. The van der Waals surface area contributed by atoms with Crippen molar-refractivity contribution in [3.63, 3.8) is 0 Å². The molecule has 0 heterocycles. The third-order valence-corrected chi connectivity index (χ3v) is 0.338. The van der Waals surface area contributed by atoms with Crippen molar-refractivity contribution >= 4 is 7.85 Å². The van der Waals surface area contributed by atoms with Crippen LogP contribution in [0.1, 0.15) is 6.42 Å². The molecule has 0 bridgehead atoms. The van der Waals surface area contributed by atoms with E-state index in [1.807, 2.05) is 0 Å². The quantitative estimate of drug-likeness (QED) is 0.425. The van der Waals surface area contributed by atoms with Crippen molar-refractivity contribution in [1.29, 1.82) is 0 Å². The van der Waals surface area contributed by atoms with Crippen LogP contribution in [-0.2, 0) is 0 Å². The van der Waals surface area contributed by atoms with Crippen molar-refractivity contribution in [2.75, 3.05) is 6.67 Å². The normalized spacial score (nSPS) is 8.20. The van der Waals surface area contributed by atoms with Gasteiger partial charge in [-0.25, -0.2) is 0 Å². The lowest BCUT2D eigenvalue weighted by Gasteiger charge is -1.76. The third kappa shape index (κ3) is 3.99. The second kappa shape index (κ2) is 3.99. The lowest BCUT2D eigenvalue weighted by Crippen LogP contribution is -1.70. The highest BCUT2D eigenvalue weighted by atomic mass is 19.1. The van der Waals surface area contributed by atoms with E-state index in [0.717, 1.165) is 0 Å². The van der Waals surface area contributed by atoms with Crippen LogP contribution in [0.5, 0.6) is 0 Å². The Kier molecular flexibility index (Phi) is 3.99. The molecule has 0 unspecified atom stereocenters. The largest absolute Gasteiger partial charge is 0.251 e. The van der Waals surface area contributed by atoms with Gasteiger partial charge >= 0.3 is 0 Å². The molecule has 0 nitrogen and oxygen atoms in total. The fourth-order valence-corrected chi connectivity index (χ4v) is 0.0772. The SMILES string of the molecule is [B]CCCF. The van der Waals surface area contributed by atoms with Gasteiger partial charge in [-0.2, -0.15) is 0 Å². The summed E-state index contributed by atoms with van der Waals surface area (Å²) in [6.45, 7) is -0.281. The van der Waals surface area contributed by atoms with Crippen molar-refractivity contribution in [2.45, 2.75) is 12.7 Å². The van der Waals surface area contributed by atoms with E-state index in [1.165, 1.54) is 0 Å². The molecule has 2 heteroatoms. The summed E-state index contributed by atoms with van der Waals surface area (Å²) in [4.78, 5) is 0. The first-order valence-electron chi connectivity index (χ1n) is 1.68. The molecule has 0 amide bonds. The molecule has 28 valence electrons. The molecule has 0 spiro atoms. The molecule has 0 aliphatic carbocycles. The van der Waals surface area contributed by atoms with Crippen LogP contribution in [-0.4, -0.2) is 14.5 Å². The molecule has 0 aromatic carbocycles. The molecule has 2 radical (unpaired) electrons. The Hall–Kier alpha value is -0.00506. The maximum atomic E-state index is 10.9. The molecule has 0 atom stereocenters. The van der Waals surface area contributed by atoms with Gasteiger partial charge in [0, 0.05) is 0 Å². The van der Waals surface area contributed by atoms with Crippen molar-refractivity contribution in [3.05, 3.63) is 0 Å². The molecule has 5 heavy (non-hydrogen) atoms. The van der Waals surface area contributed by atoms with Gasteiger partial charge in [-0.05, 0) is 6.42 Å². The van der Waals surface area contributed by atoms with Crippen LogP contribution in [0.3, 0.4) is 0 Å². The second-order valence-corrected chi connectivity index (χ2v) is 0.831. The zero-order valence-corrected chi connectivity index (χ0v) is 3.08. The number of rotatable bonds is 2. The van der Waals surface area contributed by atoms with Gasteiger partial charge in [-0.1, -0.05) is 6.32 Å². The van der Waals surface area contributed by atoms with Crippen LogP contribution < -0.4 is 0 Å². The smallest absolute Gasteiger partial charge is 0.0887 e. The Bertz CT molecular complexity index is 14.4. The van der Waals surface area contributed by atoms with Crippen LogP contribution in [0, 0.1) is 0 Å². The molecule has 0 saturated heterocycles. The third-order valence-electron chi connectivity index (χ3n) is 0.338. The standard InChI is InChI=1S/C3H6BF/c4-2-1-3-5/h1-3H2. The lowest BCUT2D eigenvalue weighted by atomic mass is 10.0. The topological polar surface area (TPSA) is 0 Å². The highest BCUT2D eigenvalue weighted by Crippen LogP contribution is 1.81. The van der Waals surface area contributed by atoms with Gasteiger partial charge in [0.05, 0.1) is 14.5 Å². The van der Waals surface area contributed by atoms with Crippen molar-refractivity contribution < 1.29 is 4.39 Å². The summed E-state index contributed by atoms with van der Waals surface area (Å²) in [6, 6.07) is 0. The van der Waals surface area contributed by atoms with Crippen LogP contribution in [0.4, 0.5) is 4.39 Å². The van der Waals surface area contributed by atoms with E-state index >= 15 is 0 Å². The summed E-state index contributed by atoms with van der Waals surface area (Å²) in [7, 11) is 4.90. The Balaban J connectivity index is 2.19. The average molecular weight is 71.9 g/mol. The predicted octanol–water partition coefficient (Wildman–Crippen LogP) is 0.933. The zero-order chi connectivity index (χ0) is 4.12. The molecular formula is C3H6BF. The number of hydrogen-bond acceptors (Lipinski definition) is 0. The fraction of sp³-hybridized carbons (Fsp3) is 1.00. The number of hydrogen-bond donors (Lipinski definition) is 0. The molecule has 0 fully saturated rings. The molecule has 0 rings (SSSR count). The summed E-state index contributed by atoms with van der Waals surface area (Å²) in [5.74, 6) is 0. The molecular weight excluding hydrogens is 65.8 g/mol. The Morgan fingerprint density at radius 3 is 2.20 bits per heavy atom. The number of halogens is 1. The second-order valence-electron chi connectivity index (χ2n) is 0.831. The predicted molar refractivity (Wildman–Crippen MR) is 21.2 cm³/mol. The summed E-state index contributed by atoms with van der Waals surface area (Å²) in [6.07, 6.45) is 0.969. The van der Waals surface area contributed by atoms with E-state index in [9.17, 15) is 4.39 Å². The summed E-state index contributed by atoms with van der Waals surface area (Å²) < 4.78 is 10.9. The van der Waals surface area contributed by atoms with Crippen LogP contribution in [0.15, 0.2) is 0 Å². The van der Waals surface area contributed by atoms with E-state index in [2.05, 4.69) is 0 Å². The monoisotopic (exact) mass is 72.1 g/mol.